The van der Waals surface area contributed by atoms with Crippen LogP contribution in [0.4, 0.5) is 0 Å². The van der Waals surface area contributed by atoms with Crippen molar-refractivity contribution in [3.63, 3.8) is 0 Å². The molecule has 6 heteroatoms. The zero-order chi connectivity index (χ0) is 57.1. The SMILES string of the molecule is CC/C=C\C/C=C\C/C=C\C/C=C\C/C=C\C/C=C\CCCCCCCCCCCCC(=O)OCC(COC(=O)CCCCCCCCCCCCCCCCC)OC(=O)CCCCCCCCC/C=C\C/C=C\C/C=C\CC. The van der Waals surface area contributed by atoms with E-state index >= 15 is 0 Å². The highest BCUT2D eigenvalue weighted by Crippen LogP contribution is 2.17. The van der Waals surface area contributed by atoms with Crippen LogP contribution in [0.15, 0.2) is 109 Å². The quantitative estimate of drug-likeness (QED) is 0.0261. The van der Waals surface area contributed by atoms with Crippen molar-refractivity contribution in [1.82, 2.24) is 0 Å². The fourth-order valence-electron chi connectivity index (χ4n) is 9.35. The van der Waals surface area contributed by atoms with Gasteiger partial charge in [-0.2, -0.15) is 0 Å². The van der Waals surface area contributed by atoms with E-state index < -0.39 is 6.10 Å². The number of carbonyl (C=O) groups is 3. The van der Waals surface area contributed by atoms with Crippen LogP contribution in [0, 0.1) is 0 Å². The van der Waals surface area contributed by atoms with Gasteiger partial charge in [-0.15, -0.1) is 0 Å². The summed E-state index contributed by atoms with van der Waals surface area (Å²) in [7, 11) is 0. The summed E-state index contributed by atoms with van der Waals surface area (Å²) >= 11 is 0. The van der Waals surface area contributed by atoms with Gasteiger partial charge < -0.3 is 14.2 Å². The van der Waals surface area contributed by atoms with Gasteiger partial charge in [-0.3, -0.25) is 14.4 Å². The van der Waals surface area contributed by atoms with Crippen LogP contribution >= 0.6 is 0 Å². The summed E-state index contributed by atoms with van der Waals surface area (Å²) in [5.74, 6) is -0.883. The van der Waals surface area contributed by atoms with Gasteiger partial charge in [0, 0.05) is 19.3 Å². The van der Waals surface area contributed by atoms with Gasteiger partial charge >= 0.3 is 17.9 Å². The molecule has 0 saturated heterocycles. The predicted octanol–water partition coefficient (Wildman–Crippen LogP) is 23.0. The molecule has 1 atom stereocenters. The van der Waals surface area contributed by atoms with E-state index in [0.29, 0.717) is 19.3 Å². The van der Waals surface area contributed by atoms with Crippen molar-refractivity contribution >= 4 is 17.9 Å². The number of ether oxygens (including phenoxy) is 3. The number of rotatable bonds is 60. The molecular formula is C73H124O6. The summed E-state index contributed by atoms with van der Waals surface area (Å²) in [6, 6.07) is 0. The molecule has 0 heterocycles. The first-order chi connectivity index (χ1) is 39.0. The third kappa shape index (κ3) is 64.8. The van der Waals surface area contributed by atoms with Gasteiger partial charge in [0.05, 0.1) is 0 Å². The Kier molecular flexibility index (Phi) is 63.3. The molecule has 0 saturated carbocycles. The van der Waals surface area contributed by atoms with E-state index in [0.717, 1.165) is 122 Å². The van der Waals surface area contributed by atoms with E-state index in [9.17, 15) is 14.4 Å². The molecule has 0 fully saturated rings. The topological polar surface area (TPSA) is 78.9 Å². The number of hydrogen-bond acceptors (Lipinski definition) is 6. The smallest absolute Gasteiger partial charge is 0.306 e. The number of esters is 3. The molecule has 0 aliphatic carbocycles. The highest BCUT2D eigenvalue weighted by molar-refractivity contribution is 5.71. The second kappa shape index (κ2) is 66.6. The van der Waals surface area contributed by atoms with Crippen molar-refractivity contribution in [2.75, 3.05) is 13.2 Å². The van der Waals surface area contributed by atoms with Crippen molar-refractivity contribution in [1.29, 1.82) is 0 Å². The average molecular weight is 1100 g/mol. The molecule has 452 valence electrons. The van der Waals surface area contributed by atoms with Gasteiger partial charge in [-0.05, 0) is 103 Å². The van der Waals surface area contributed by atoms with E-state index in [1.807, 2.05) is 0 Å². The normalized spacial score (nSPS) is 12.8. The molecule has 79 heavy (non-hydrogen) atoms. The Morgan fingerprint density at radius 2 is 0.494 bits per heavy atom. The molecule has 0 aliphatic heterocycles. The van der Waals surface area contributed by atoms with Crippen LogP contribution in [0.3, 0.4) is 0 Å². The Balaban J connectivity index is 4.31. The molecule has 0 aliphatic rings. The first kappa shape index (κ1) is 75.1. The molecule has 0 radical (unpaired) electrons. The highest BCUT2D eigenvalue weighted by atomic mass is 16.6. The maximum absolute atomic E-state index is 12.9. The second-order valence-electron chi connectivity index (χ2n) is 22.0. The fourth-order valence-corrected chi connectivity index (χ4v) is 9.35. The Hall–Kier alpha value is -3.93. The molecule has 0 amide bonds. The standard InChI is InChI=1S/C73H124O6/c1-4-7-10-13-16-19-22-25-28-30-31-32-33-34-35-36-37-38-39-40-41-43-45-48-51-54-57-60-63-66-72(75)78-69-70(68-77-71(74)65-62-59-56-53-50-47-44-27-24-21-18-15-12-9-6-3)79-73(76)67-64-61-58-55-52-49-46-42-29-26-23-20-17-14-11-8-5-2/h7-8,10-11,16-17,19-20,25-26,28-29,31-32,34-35,37-38,70H,4-6,9,12-15,18,21-24,27,30,33,36,39-69H2,1-3H3/b10-7-,11-8-,19-16-,20-17-,28-25-,29-26-,32-31-,35-34-,38-37-. The molecule has 0 N–H and O–H groups in total. The zero-order valence-corrected chi connectivity index (χ0v) is 51.9. The molecule has 0 aromatic carbocycles. The maximum atomic E-state index is 12.9. The summed E-state index contributed by atoms with van der Waals surface area (Å²) in [6.07, 6.45) is 91.0. The predicted molar refractivity (Wildman–Crippen MR) is 343 cm³/mol. The maximum Gasteiger partial charge on any atom is 0.306 e. The van der Waals surface area contributed by atoms with E-state index in [1.165, 1.54) is 154 Å². The Bertz CT molecular complexity index is 1590. The lowest BCUT2D eigenvalue weighted by molar-refractivity contribution is -0.167. The van der Waals surface area contributed by atoms with Crippen molar-refractivity contribution in [2.24, 2.45) is 0 Å². The first-order valence-corrected chi connectivity index (χ1v) is 33.4. The number of unbranched alkanes of at least 4 members (excludes halogenated alkanes) is 31. The summed E-state index contributed by atoms with van der Waals surface area (Å²) in [6.45, 7) is 6.44. The molecule has 1 unspecified atom stereocenters. The lowest BCUT2D eigenvalue weighted by Crippen LogP contribution is -2.30. The van der Waals surface area contributed by atoms with Gasteiger partial charge in [-0.1, -0.05) is 304 Å². The Morgan fingerprint density at radius 1 is 0.266 bits per heavy atom. The van der Waals surface area contributed by atoms with Gasteiger partial charge in [0.25, 0.3) is 0 Å². The average Bonchev–Trinajstić information content (AvgIpc) is 3.45. The van der Waals surface area contributed by atoms with Gasteiger partial charge in [0.1, 0.15) is 13.2 Å². The van der Waals surface area contributed by atoms with Crippen molar-refractivity contribution < 1.29 is 28.6 Å². The highest BCUT2D eigenvalue weighted by Gasteiger charge is 2.19. The Labute approximate surface area is 489 Å². The van der Waals surface area contributed by atoms with E-state index in [4.69, 9.17) is 14.2 Å². The first-order valence-electron chi connectivity index (χ1n) is 33.4. The largest absolute Gasteiger partial charge is 0.462 e. The molecular weight excluding hydrogens is 973 g/mol. The third-order valence-electron chi connectivity index (χ3n) is 14.3. The summed E-state index contributed by atoms with van der Waals surface area (Å²) in [5, 5.41) is 0. The molecule has 0 aromatic rings. The van der Waals surface area contributed by atoms with Crippen LogP contribution in [0.5, 0.6) is 0 Å². The van der Waals surface area contributed by atoms with Gasteiger partial charge in [0.15, 0.2) is 6.10 Å². The van der Waals surface area contributed by atoms with Gasteiger partial charge in [0.2, 0.25) is 0 Å². The van der Waals surface area contributed by atoms with Gasteiger partial charge in [-0.25, -0.2) is 0 Å². The van der Waals surface area contributed by atoms with Crippen molar-refractivity contribution in [3.05, 3.63) is 109 Å². The lowest BCUT2D eigenvalue weighted by atomic mass is 10.0. The van der Waals surface area contributed by atoms with E-state index in [-0.39, 0.29) is 31.1 Å². The minimum Gasteiger partial charge on any atom is -0.462 e. The van der Waals surface area contributed by atoms with Crippen LogP contribution < -0.4 is 0 Å². The molecule has 0 bridgehead atoms. The number of hydrogen-bond donors (Lipinski definition) is 0. The number of allylic oxidation sites excluding steroid dienone is 18. The van der Waals surface area contributed by atoms with Crippen LogP contribution in [0.1, 0.15) is 316 Å². The van der Waals surface area contributed by atoms with Crippen molar-refractivity contribution in [2.45, 2.75) is 322 Å². The third-order valence-corrected chi connectivity index (χ3v) is 14.3. The minimum atomic E-state index is -0.786. The van der Waals surface area contributed by atoms with Crippen LogP contribution in [-0.4, -0.2) is 37.2 Å². The van der Waals surface area contributed by atoms with E-state index in [1.54, 1.807) is 0 Å². The lowest BCUT2D eigenvalue weighted by Gasteiger charge is -2.18. The summed E-state index contributed by atoms with van der Waals surface area (Å²) in [4.78, 5) is 38.4. The minimum absolute atomic E-state index is 0.0808. The summed E-state index contributed by atoms with van der Waals surface area (Å²) in [5.41, 5.74) is 0. The molecule has 0 spiro atoms. The summed E-state index contributed by atoms with van der Waals surface area (Å²) < 4.78 is 17.0. The van der Waals surface area contributed by atoms with Crippen molar-refractivity contribution in [3.8, 4) is 0 Å². The van der Waals surface area contributed by atoms with E-state index in [2.05, 4.69) is 130 Å². The fraction of sp³-hybridized carbons (Fsp3) is 0.712. The molecule has 0 rings (SSSR count). The number of carbonyl (C=O) groups excluding carboxylic acids is 3. The second-order valence-corrected chi connectivity index (χ2v) is 22.0. The monoisotopic (exact) mass is 1100 g/mol. The van der Waals surface area contributed by atoms with Crippen LogP contribution in [-0.2, 0) is 28.6 Å². The van der Waals surface area contributed by atoms with Crippen LogP contribution in [0.2, 0.25) is 0 Å². The molecule has 0 aromatic heterocycles. The Morgan fingerprint density at radius 3 is 0.772 bits per heavy atom. The molecule has 6 nitrogen and oxygen atoms in total. The zero-order valence-electron chi connectivity index (χ0n) is 51.9. The van der Waals surface area contributed by atoms with Crippen LogP contribution in [0.25, 0.3) is 0 Å².